The van der Waals surface area contributed by atoms with E-state index in [0.717, 1.165) is 11.1 Å². The quantitative estimate of drug-likeness (QED) is 0.264. The first-order valence-corrected chi connectivity index (χ1v) is 13.3. The largest absolute Gasteiger partial charge is 0.474 e. The first-order chi connectivity index (χ1) is 18.9. The Balaban J connectivity index is 1.37. The molecule has 4 aromatic rings. The number of nitriles is 1. The van der Waals surface area contributed by atoms with Gasteiger partial charge in [-0.15, -0.1) is 0 Å². The Morgan fingerprint density at radius 2 is 1.95 bits per heavy atom. The van der Waals surface area contributed by atoms with E-state index in [2.05, 4.69) is 21.2 Å². The fourth-order valence-electron chi connectivity index (χ4n) is 4.81. The third-order valence-electron chi connectivity index (χ3n) is 6.96. The van der Waals surface area contributed by atoms with Crippen molar-refractivity contribution in [3.8, 4) is 23.4 Å². The van der Waals surface area contributed by atoms with Crippen LogP contribution in [0.5, 0.6) is 5.88 Å². The number of ether oxygens (including phenoxy) is 1. The average Bonchev–Trinajstić information content (AvgIpc) is 3.63. The molecule has 0 spiro atoms. The fraction of sp³-hybridized carbons (Fsp3) is 0.276. The Hall–Kier alpha value is -3.93. The second kappa shape index (κ2) is 11.4. The molecule has 198 valence electrons. The third kappa shape index (κ3) is 5.75. The highest BCUT2D eigenvalue weighted by Crippen LogP contribution is 2.39. The Kier molecular flexibility index (Phi) is 7.82. The summed E-state index contributed by atoms with van der Waals surface area (Å²) in [6.45, 7) is 4.89. The van der Waals surface area contributed by atoms with Crippen molar-refractivity contribution in [2.75, 3.05) is 13.1 Å². The van der Waals surface area contributed by atoms with Gasteiger partial charge in [0.1, 0.15) is 12.2 Å². The highest BCUT2D eigenvalue weighted by Gasteiger charge is 2.40. The van der Waals surface area contributed by atoms with Gasteiger partial charge >= 0.3 is 0 Å². The molecule has 8 nitrogen and oxygen atoms in total. The van der Waals surface area contributed by atoms with Crippen LogP contribution in [-0.4, -0.2) is 45.1 Å². The number of aryl methyl sites for hydroxylation is 1. The van der Waals surface area contributed by atoms with Crippen LogP contribution in [0.1, 0.15) is 47.1 Å². The normalized spacial score (nSPS) is 17.6. The number of likely N-dealkylation sites (tertiary alicyclic amines) is 1. The van der Waals surface area contributed by atoms with Gasteiger partial charge < -0.3 is 14.2 Å². The van der Waals surface area contributed by atoms with Crippen molar-refractivity contribution in [1.82, 2.24) is 20.0 Å². The molecule has 0 radical (unpaired) electrons. The first-order valence-electron chi connectivity index (χ1n) is 12.6. The summed E-state index contributed by atoms with van der Waals surface area (Å²) in [7, 11) is 0. The summed E-state index contributed by atoms with van der Waals surface area (Å²) >= 11 is 12.5. The van der Waals surface area contributed by atoms with Crippen molar-refractivity contribution in [3.63, 3.8) is 0 Å². The molecule has 39 heavy (non-hydrogen) atoms. The van der Waals surface area contributed by atoms with Gasteiger partial charge in [-0.2, -0.15) is 10.2 Å². The van der Waals surface area contributed by atoms with E-state index < -0.39 is 0 Å². The molecule has 1 aliphatic rings. The van der Waals surface area contributed by atoms with E-state index in [4.69, 9.17) is 37.7 Å². The van der Waals surface area contributed by atoms with Crippen LogP contribution in [0.15, 0.2) is 65.3 Å². The zero-order valence-corrected chi connectivity index (χ0v) is 22.9. The van der Waals surface area contributed by atoms with Gasteiger partial charge in [-0.1, -0.05) is 41.3 Å². The molecule has 2 aromatic carbocycles. The minimum atomic E-state index is -0.282. The average molecular weight is 562 g/mol. The number of rotatable bonds is 7. The lowest BCUT2D eigenvalue weighted by atomic mass is 9.86. The number of hydrogen-bond donors (Lipinski definition) is 0. The van der Waals surface area contributed by atoms with Crippen LogP contribution in [0.25, 0.3) is 11.5 Å². The molecule has 1 saturated heterocycles. The molecule has 0 bridgehead atoms. The lowest BCUT2D eigenvalue weighted by Crippen LogP contribution is -2.32. The lowest BCUT2D eigenvalue weighted by Gasteiger charge is -2.25. The number of carbonyl (C=O) groups excluding carboxylic acids is 1. The minimum Gasteiger partial charge on any atom is -0.474 e. The number of halogens is 2. The van der Waals surface area contributed by atoms with E-state index in [-0.39, 0.29) is 23.8 Å². The maximum atomic E-state index is 13.6. The molecule has 0 saturated carbocycles. The van der Waals surface area contributed by atoms with Crippen molar-refractivity contribution in [2.24, 2.45) is 5.92 Å². The van der Waals surface area contributed by atoms with Gasteiger partial charge in [-0.05, 0) is 55.0 Å². The van der Waals surface area contributed by atoms with Crippen LogP contribution in [0, 0.1) is 17.2 Å². The number of hydrogen-bond acceptors (Lipinski definition) is 7. The number of aromatic nitrogens is 3. The van der Waals surface area contributed by atoms with E-state index in [1.54, 1.807) is 30.3 Å². The first kappa shape index (κ1) is 26.7. The Labute approximate surface area is 236 Å². The molecule has 3 atom stereocenters. The zero-order chi connectivity index (χ0) is 27.5. The van der Waals surface area contributed by atoms with E-state index in [1.165, 1.54) is 6.20 Å². The predicted molar refractivity (Wildman–Crippen MR) is 147 cm³/mol. The molecule has 10 heteroatoms. The number of amides is 1. The summed E-state index contributed by atoms with van der Waals surface area (Å²) in [5.74, 6) is 1.30. The number of carbonyl (C=O) groups is 1. The molecule has 0 aliphatic carbocycles. The van der Waals surface area contributed by atoms with Crippen LogP contribution in [-0.2, 0) is 6.42 Å². The van der Waals surface area contributed by atoms with Crippen molar-refractivity contribution in [2.45, 2.75) is 32.3 Å². The SMILES string of the molecule is CCc1noc(-c2ccc(C(=O)N3CC([C@H](C)Oc4ccc(C#N)cn4)[C@@H](c4ccc(Cl)c(Cl)c4)C3)cc2)n1. The minimum absolute atomic E-state index is 0.0396. The molecule has 1 fully saturated rings. The second-order valence-corrected chi connectivity index (χ2v) is 10.2. The van der Waals surface area contributed by atoms with Crippen molar-refractivity contribution < 1.29 is 14.1 Å². The molecule has 1 unspecified atom stereocenters. The second-order valence-electron chi connectivity index (χ2n) is 9.42. The lowest BCUT2D eigenvalue weighted by molar-refractivity contribution is 0.0769. The number of pyridine rings is 1. The highest BCUT2D eigenvalue weighted by molar-refractivity contribution is 6.42. The Morgan fingerprint density at radius 1 is 1.15 bits per heavy atom. The zero-order valence-electron chi connectivity index (χ0n) is 21.3. The van der Waals surface area contributed by atoms with E-state index in [9.17, 15) is 4.79 Å². The molecule has 3 heterocycles. The standard InChI is InChI=1S/C29H25Cl2N5O3/c1-3-26-34-28(39-35-26)19-5-7-20(8-6-19)29(37)36-15-22(17(2)38-27-11-4-18(13-32)14-33-27)23(16-36)21-9-10-24(30)25(31)12-21/h4-12,14,17,22-23H,3,15-16H2,1-2H3/t17-,22?,23+/m0/s1. The molecule has 2 aromatic heterocycles. The topological polar surface area (TPSA) is 105 Å². The highest BCUT2D eigenvalue weighted by atomic mass is 35.5. The number of benzene rings is 2. The third-order valence-corrected chi connectivity index (χ3v) is 7.70. The summed E-state index contributed by atoms with van der Waals surface area (Å²) in [4.78, 5) is 24.0. The number of nitrogens with zero attached hydrogens (tertiary/aromatic N) is 5. The maximum absolute atomic E-state index is 13.6. The summed E-state index contributed by atoms with van der Waals surface area (Å²) in [5.41, 5.74) is 2.75. The van der Waals surface area contributed by atoms with Gasteiger partial charge in [-0.25, -0.2) is 4.98 Å². The van der Waals surface area contributed by atoms with E-state index >= 15 is 0 Å². The summed E-state index contributed by atoms with van der Waals surface area (Å²) in [6.07, 6.45) is 1.87. The van der Waals surface area contributed by atoms with Crippen LogP contribution in [0.3, 0.4) is 0 Å². The molecular formula is C29H25Cl2N5O3. The van der Waals surface area contributed by atoms with Crippen molar-refractivity contribution in [1.29, 1.82) is 5.26 Å². The van der Waals surface area contributed by atoms with E-state index in [1.807, 2.05) is 43.0 Å². The summed E-state index contributed by atoms with van der Waals surface area (Å²) in [5, 5.41) is 13.9. The maximum Gasteiger partial charge on any atom is 0.257 e. The van der Waals surface area contributed by atoms with Crippen molar-refractivity contribution >= 4 is 29.1 Å². The molecule has 1 aliphatic heterocycles. The van der Waals surface area contributed by atoms with Crippen LogP contribution in [0.4, 0.5) is 0 Å². The monoisotopic (exact) mass is 561 g/mol. The van der Waals surface area contributed by atoms with Crippen LogP contribution >= 0.6 is 23.2 Å². The van der Waals surface area contributed by atoms with Gasteiger partial charge in [0.2, 0.25) is 5.88 Å². The van der Waals surface area contributed by atoms with Crippen LogP contribution in [0.2, 0.25) is 10.0 Å². The van der Waals surface area contributed by atoms with Gasteiger partial charge in [0.25, 0.3) is 11.8 Å². The van der Waals surface area contributed by atoms with Gasteiger partial charge in [-0.3, -0.25) is 4.79 Å². The Morgan fingerprint density at radius 3 is 2.59 bits per heavy atom. The Bertz CT molecular complexity index is 1520. The van der Waals surface area contributed by atoms with Crippen molar-refractivity contribution in [3.05, 3.63) is 93.4 Å². The summed E-state index contributed by atoms with van der Waals surface area (Å²) < 4.78 is 11.5. The molecule has 0 N–H and O–H groups in total. The van der Waals surface area contributed by atoms with Gasteiger partial charge in [0, 0.05) is 54.7 Å². The fourth-order valence-corrected chi connectivity index (χ4v) is 5.12. The van der Waals surface area contributed by atoms with Gasteiger partial charge in [0.15, 0.2) is 5.82 Å². The molecule has 1 amide bonds. The predicted octanol–water partition coefficient (Wildman–Crippen LogP) is 6.20. The summed E-state index contributed by atoms with van der Waals surface area (Å²) in [6, 6.07) is 18.1. The smallest absolute Gasteiger partial charge is 0.257 e. The molecule has 5 rings (SSSR count). The van der Waals surface area contributed by atoms with E-state index in [0.29, 0.717) is 58.3 Å². The van der Waals surface area contributed by atoms with Crippen LogP contribution < -0.4 is 4.74 Å². The molecular weight excluding hydrogens is 537 g/mol. The van der Waals surface area contributed by atoms with Gasteiger partial charge in [0.05, 0.1) is 15.6 Å².